The minimum Gasteiger partial charge on any atom is -0.378 e. The van der Waals surface area contributed by atoms with Crippen LogP contribution in [0, 0.1) is 0 Å². The Morgan fingerprint density at radius 1 is 1.38 bits per heavy atom. The molecule has 1 amide bonds. The smallest absolute Gasteiger partial charge is 0.287 e. The van der Waals surface area contributed by atoms with Crippen LogP contribution in [0.15, 0.2) is 24.3 Å². The second kappa shape index (κ2) is 6.72. The summed E-state index contributed by atoms with van der Waals surface area (Å²) in [4.78, 5) is 19.3. The summed E-state index contributed by atoms with van der Waals surface area (Å²) in [5, 5.41) is 2.91. The fourth-order valence-corrected chi connectivity index (χ4v) is 2.71. The van der Waals surface area contributed by atoms with Crippen molar-refractivity contribution < 1.29 is 9.53 Å². The summed E-state index contributed by atoms with van der Waals surface area (Å²) in [5.41, 5.74) is 1.71. The van der Waals surface area contributed by atoms with Crippen molar-refractivity contribution in [2.75, 3.05) is 13.2 Å². The van der Waals surface area contributed by atoms with E-state index in [0.29, 0.717) is 18.5 Å². The number of imidazole rings is 1. The molecule has 2 heterocycles. The molecule has 1 aliphatic rings. The summed E-state index contributed by atoms with van der Waals surface area (Å²) in [6.45, 7) is 1.59. The molecule has 2 aromatic rings. The standard InChI is InChI=1S/C16H21N3O2/c20-16(15-18-13-8-1-2-9-14(13)19-15)17-10-4-3-6-12-7-5-11-21-12/h1-2,8-9,12H,3-7,10-11H2,(H,17,20)(H,18,19). The number of amides is 1. The number of carbonyl (C=O) groups is 1. The number of aromatic nitrogens is 2. The highest BCUT2D eigenvalue weighted by Crippen LogP contribution is 2.17. The van der Waals surface area contributed by atoms with Crippen molar-refractivity contribution in [2.24, 2.45) is 0 Å². The molecule has 1 atom stereocenters. The number of para-hydroxylation sites is 2. The molecule has 21 heavy (non-hydrogen) atoms. The molecule has 2 N–H and O–H groups in total. The van der Waals surface area contributed by atoms with E-state index in [9.17, 15) is 4.79 Å². The van der Waals surface area contributed by atoms with Crippen LogP contribution in [0.3, 0.4) is 0 Å². The topological polar surface area (TPSA) is 67.0 Å². The van der Waals surface area contributed by atoms with Gasteiger partial charge in [0, 0.05) is 13.2 Å². The molecule has 0 aliphatic carbocycles. The lowest BCUT2D eigenvalue weighted by molar-refractivity contribution is 0.0938. The van der Waals surface area contributed by atoms with Crippen molar-refractivity contribution in [3.8, 4) is 0 Å². The Balaban J connectivity index is 1.41. The van der Waals surface area contributed by atoms with Gasteiger partial charge < -0.3 is 15.0 Å². The molecule has 0 radical (unpaired) electrons. The van der Waals surface area contributed by atoms with E-state index in [2.05, 4.69) is 15.3 Å². The molecule has 112 valence electrons. The molecule has 1 aromatic heterocycles. The summed E-state index contributed by atoms with van der Waals surface area (Å²) in [5.74, 6) is 0.249. The van der Waals surface area contributed by atoms with Gasteiger partial charge in [0.15, 0.2) is 5.82 Å². The lowest BCUT2D eigenvalue weighted by atomic mass is 10.1. The van der Waals surface area contributed by atoms with Crippen molar-refractivity contribution in [1.82, 2.24) is 15.3 Å². The number of ether oxygens (including phenoxy) is 1. The molecule has 5 heteroatoms. The molecule has 0 saturated carbocycles. The van der Waals surface area contributed by atoms with Gasteiger partial charge >= 0.3 is 0 Å². The molecular formula is C16H21N3O2. The zero-order valence-electron chi connectivity index (χ0n) is 12.1. The largest absolute Gasteiger partial charge is 0.378 e. The van der Waals surface area contributed by atoms with Gasteiger partial charge in [-0.25, -0.2) is 4.98 Å². The van der Waals surface area contributed by atoms with Gasteiger partial charge in [0.1, 0.15) is 0 Å². The van der Waals surface area contributed by atoms with Crippen LogP contribution < -0.4 is 5.32 Å². The van der Waals surface area contributed by atoms with Crippen molar-refractivity contribution in [3.05, 3.63) is 30.1 Å². The second-order valence-corrected chi connectivity index (χ2v) is 5.49. The van der Waals surface area contributed by atoms with Gasteiger partial charge in [-0.15, -0.1) is 0 Å². The Morgan fingerprint density at radius 2 is 2.29 bits per heavy atom. The van der Waals surface area contributed by atoms with Crippen LogP contribution in [-0.2, 0) is 4.74 Å². The number of hydrogen-bond donors (Lipinski definition) is 2. The number of unbranched alkanes of at least 4 members (excludes halogenated alkanes) is 1. The molecule has 1 aliphatic heterocycles. The Labute approximate surface area is 124 Å². The van der Waals surface area contributed by atoms with E-state index in [4.69, 9.17) is 4.74 Å². The van der Waals surface area contributed by atoms with Crippen LogP contribution in [-0.4, -0.2) is 35.1 Å². The highest BCUT2D eigenvalue weighted by Gasteiger charge is 2.14. The quantitative estimate of drug-likeness (QED) is 0.803. The number of H-pyrrole nitrogens is 1. The van der Waals surface area contributed by atoms with Gasteiger partial charge in [-0.1, -0.05) is 12.1 Å². The van der Waals surface area contributed by atoms with E-state index in [1.807, 2.05) is 24.3 Å². The molecule has 0 bridgehead atoms. The predicted octanol–water partition coefficient (Wildman–Crippen LogP) is 2.64. The molecule has 1 unspecified atom stereocenters. The zero-order chi connectivity index (χ0) is 14.5. The maximum Gasteiger partial charge on any atom is 0.287 e. The van der Waals surface area contributed by atoms with Gasteiger partial charge in [0.05, 0.1) is 17.1 Å². The van der Waals surface area contributed by atoms with Crippen LogP contribution in [0.25, 0.3) is 11.0 Å². The number of carbonyl (C=O) groups excluding carboxylic acids is 1. The summed E-state index contributed by atoms with van der Waals surface area (Å²) in [6, 6.07) is 7.65. The van der Waals surface area contributed by atoms with E-state index in [1.54, 1.807) is 0 Å². The Kier molecular flexibility index (Phi) is 4.50. The van der Waals surface area contributed by atoms with E-state index in [0.717, 1.165) is 36.9 Å². The van der Waals surface area contributed by atoms with Crippen LogP contribution in [0.2, 0.25) is 0 Å². The van der Waals surface area contributed by atoms with Gasteiger partial charge in [0.2, 0.25) is 0 Å². The van der Waals surface area contributed by atoms with E-state index in [1.165, 1.54) is 12.8 Å². The third-order valence-corrected chi connectivity index (χ3v) is 3.87. The molecule has 5 nitrogen and oxygen atoms in total. The molecule has 1 fully saturated rings. The molecular weight excluding hydrogens is 266 g/mol. The van der Waals surface area contributed by atoms with Crippen molar-refractivity contribution in [2.45, 2.75) is 38.2 Å². The fraction of sp³-hybridized carbons (Fsp3) is 0.500. The first-order valence-corrected chi connectivity index (χ1v) is 7.67. The molecule has 0 spiro atoms. The number of hydrogen-bond acceptors (Lipinski definition) is 3. The highest BCUT2D eigenvalue weighted by atomic mass is 16.5. The first kappa shape index (κ1) is 14.1. The van der Waals surface area contributed by atoms with Gasteiger partial charge in [-0.3, -0.25) is 4.79 Å². The lowest BCUT2D eigenvalue weighted by Crippen LogP contribution is -2.25. The van der Waals surface area contributed by atoms with E-state index in [-0.39, 0.29) is 5.91 Å². The van der Waals surface area contributed by atoms with Gasteiger partial charge in [-0.2, -0.15) is 0 Å². The van der Waals surface area contributed by atoms with Crippen molar-refractivity contribution in [1.29, 1.82) is 0 Å². The fourth-order valence-electron chi connectivity index (χ4n) is 2.71. The minimum absolute atomic E-state index is 0.136. The van der Waals surface area contributed by atoms with Crippen LogP contribution in [0.4, 0.5) is 0 Å². The van der Waals surface area contributed by atoms with E-state index < -0.39 is 0 Å². The van der Waals surface area contributed by atoms with Crippen LogP contribution >= 0.6 is 0 Å². The number of aromatic amines is 1. The molecule has 1 aromatic carbocycles. The summed E-state index contributed by atoms with van der Waals surface area (Å²) < 4.78 is 5.58. The van der Waals surface area contributed by atoms with Crippen LogP contribution in [0.1, 0.15) is 42.7 Å². The normalized spacial score (nSPS) is 18.2. The predicted molar refractivity (Wildman–Crippen MR) is 81.3 cm³/mol. The summed E-state index contributed by atoms with van der Waals surface area (Å²) in [6.07, 6.45) is 5.98. The zero-order valence-corrected chi connectivity index (χ0v) is 12.1. The third kappa shape index (κ3) is 3.61. The Morgan fingerprint density at radius 3 is 3.10 bits per heavy atom. The van der Waals surface area contributed by atoms with E-state index >= 15 is 0 Å². The van der Waals surface area contributed by atoms with Crippen LogP contribution in [0.5, 0.6) is 0 Å². The number of benzene rings is 1. The average Bonchev–Trinajstić information content (AvgIpc) is 3.15. The molecule has 3 rings (SSSR count). The third-order valence-electron chi connectivity index (χ3n) is 3.87. The first-order chi connectivity index (χ1) is 10.3. The number of fused-ring (bicyclic) bond motifs is 1. The van der Waals surface area contributed by atoms with Gasteiger partial charge in [-0.05, 0) is 44.2 Å². The SMILES string of the molecule is O=C(NCCCCC1CCCO1)c1nc2ccccc2[nH]1. The maximum atomic E-state index is 12.0. The molecule has 1 saturated heterocycles. The van der Waals surface area contributed by atoms with Crippen molar-refractivity contribution in [3.63, 3.8) is 0 Å². The lowest BCUT2D eigenvalue weighted by Gasteiger charge is -2.08. The van der Waals surface area contributed by atoms with Gasteiger partial charge in [0.25, 0.3) is 5.91 Å². The Bertz CT molecular complexity index is 569. The summed E-state index contributed by atoms with van der Waals surface area (Å²) in [7, 11) is 0. The monoisotopic (exact) mass is 287 g/mol. The first-order valence-electron chi connectivity index (χ1n) is 7.67. The Hall–Kier alpha value is -1.88. The average molecular weight is 287 g/mol. The highest BCUT2D eigenvalue weighted by molar-refractivity contribution is 5.94. The summed E-state index contributed by atoms with van der Waals surface area (Å²) >= 11 is 0. The van der Waals surface area contributed by atoms with Crippen molar-refractivity contribution >= 4 is 16.9 Å². The number of nitrogens with zero attached hydrogens (tertiary/aromatic N) is 1. The maximum absolute atomic E-state index is 12.0. The number of rotatable bonds is 6. The number of nitrogens with one attached hydrogen (secondary N) is 2. The second-order valence-electron chi connectivity index (χ2n) is 5.49. The minimum atomic E-state index is -0.136.